The van der Waals surface area contributed by atoms with Gasteiger partial charge in [-0.1, -0.05) is 12.8 Å². The van der Waals surface area contributed by atoms with E-state index in [0.29, 0.717) is 17.7 Å². The number of carbonyl (C=O) groups excluding carboxylic acids is 4. The molecule has 0 heterocycles. The molecule has 1 unspecified atom stereocenters. The van der Waals surface area contributed by atoms with Gasteiger partial charge in [-0.3, -0.25) is 4.79 Å². The molecule has 9 heteroatoms. The molecular formula is C21H35NO8. The van der Waals surface area contributed by atoms with Crippen LogP contribution in [-0.4, -0.2) is 60.5 Å². The highest BCUT2D eigenvalue weighted by atomic mass is 16.6. The Morgan fingerprint density at radius 3 is 1.60 bits per heavy atom. The summed E-state index contributed by atoms with van der Waals surface area (Å²) < 4.78 is 20.6. The van der Waals surface area contributed by atoms with Crippen LogP contribution in [-0.2, 0) is 28.5 Å². The summed E-state index contributed by atoms with van der Waals surface area (Å²) in [7, 11) is 2.42. The molecule has 172 valence electrons. The van der Waals surface area contributed by atoms with E-state index in [1.807, 2.05) is 0 Å². The van der Waals surface area contributed by atoms with E-state index in [2.05, 4.69) is 0 Å². The fourth-order valence-corrected chi connectivity index (χ4v) is 3.50. The van der Waals surface area contributed by atoms with E-state index in [4.69, 9.17) is 18.9 Å². The number of rotatable bonds is 5. The Balaban J connectivity index is 3.41. The lowest BCUT2D eigenvalue weighted by Gasteiger charge is -2.35. The van der Waals surface area contributed by atoms with Crippen LogP contribution < -0.4 is 0 Å². The molecule has 0 N–H and O–H groups in total. The first-order valence-electron chi connectivity index (χ1n) is 10.1. The van der Waals surface area contributed by atoms with Crippen molar-refractivity contribution in [3.63, 3.8) is 0 Å². The number of hydrogen-bond acceptors (Lipinski definition) is 8. The monoisotopic (exact) mass is 429 g/mol. The molecule has 0 radical (unpaired) electrons. The van der Waals surface area contributed by atoms with Crippen molar-refractivity contribution in [3.05, 3.63) is 0 Å². The molecule has 9 nitrogen and oxygen atoms in total. The zero-order valence-electron chi connectivity index (χ0n) is 19.3. The van der Waals surface area contributed by atoms with Crippen LogP contribution in [0.2, 0.25) is 0 Å². The van der Waals surface area contributed by atoms with E-state index < -0.39 is 46.8 Å². The molecule has 0 aromatic rings. The Hall–Kier alpha value is -2.32. The molecule has 1 aliphatic carbocycles. The van der Waals surface area contributed by atoms with Crippen molar-refractivity contribution in [2.75, 3.05) is 14.2 Å². The van der Waals surface area contributed by atoms with E-state index in [-0.39, 0.29) is 6.42 Å². The molecule has 30 heavy (non-hydrogen) atoms. The molecule has 0 aromatic heterocycles. The molecule has 1 rings (SSSR count). The fourth-order valence-electron chi connectivity index (χ4n) is 3.50. The van der Waals surface area contributed by atoms with Crippen LogP contribution in [0.5, 0.6) is 0 Å². The van der Waals surface area contributed by atoms with Gasteiger partial charge in [-0.15, -0.1) is 0 Å². The van der Waals surface area contributed by atoms with Crippen molar-refractivity contribution in [2.45, 2.75) is 90.9 Å². The third-order valence-corrected chi connectivity index (χ3v) is 4.73. The Labute approximate surface area is 178 Å². The lowest BCUT2D eigenvalue weighted by molar-refractivity contribution is -0.157. The molecular weight excluding hydrogens is 394 g/mol. The van der Waals surface area contributed by atoms with Crippen molar-refractivity contribution in [1.29, 1.82) is 0 Å². The number of nitrogens with zero attached hydrogens (tertiary/aromatic N) is 1. The van der Waals surface area contributed by atoms with Gasteiger partial charge in [-0.25, -0.2) is 14.4 Å². The zero-order valence-corrected chi connectivity index (χ0v) is 19.3. The van der Waals surface area contributed by atoms with E-state index in [0.717, 1.165) is 20.0 Å². The zero-order chi connectivity index (χ0) is 23.3. The fraction of sp³-hybridized carbons (Fsp3) is 0.810. The van der Waals surface area contributed by atoms with Crippen molar-refractivity contribution < 1.29 is 38.1 Å². The summed E-state index contributed by atoms with van der Waals surface area (Å²) in [6.45, 7) is 9.82. The lowest BCUT2D eigenvalue weighted by Crippen LogP contribution is -2.54. The Morgan fingerprint density at radius 2 is 1.27 bits per heavy atom. The van der Waals surface area contributed by atoms with E-state index in [9.17, 15) is 19.2 Å². The van der Waals surface area contributed by atoms with E-state index >= 15 is 0 Å². The predicted octanol–water partition coefficient (Wildman–Crippen LogP) is 3.82. The lowest BCUT2D eigenvalue weighted by atomic mass is 9.79. The van der Waals surface area contributed by atoms with Crippen LogP contribution >= 0.6 is 0 Å². The van der Waals surface area contributed by atoms with E-state index in [1.165, 1.54) is 7.11 Å². The van der Waals surface area contributed by atoms with Gasteiger partial charge in [0.1, 0.15) is 17.2 Å². The van der Waals surface area contributed by atoms with Gasteiger partial charge in [0, 0.05) is 0 Å². The van der Waals surface area contributed by atoms with Gasteiger partial charge in [-0.05, 0) is 60.8 Å². The van der Waals surface area contributed by atoms with Gasteiger partial charge in [0.25, 0.3) is 0 Å². The van der Waals surface area contributed by atoms with Crippen molar-refractivity contribution >= 4 is 24.1 Å². The SMILES string of the molecule is COC(=O)C(CC1(C(=O)OC)CCCC1)N(C(=O)OC(C)(C)C)C(=O)OC(C)(C)C. The molecule has 0 saturated heterocycles. The normalized spacial score (nSPS) is 16.9. The summed E-state index contributed by atoms with van der Waals surface area (Å²) in [5.74, 6) is -1.33. The first-order chi connectivity index (χ1) is 13.7. The molecule has 1 saturated carbocycles. The number of ether oxygens (including phenoxy) is 4. The van der Waals surface area contributed by atoms with E-state index in [1.54, 1.807) is 41.5 Å². The maximum Gasteiger partial charge on any atom is 0.420 e. The quantitative estimate of drug-likeness (QED) is 0.479. The second kappa shape index (κ2) is 9.66. The van der Waals surface area contributed by atoms with Gasteiger partial charge in [0.2, 0.25) is 0 Å². The highest BCUT2D eigenvalue weighted by molar-refractivity contribution is 5.94. The summed E-state index contributed by atoms with van der Waals surface area (Å²) in [4.78, 5) is 51.8. The van der Waals surface area contributed by atoms with Crippen LogP contribution in [0.15, 0.2) is 0 Å². The van der Waals surface area contributed by atoms with Gasteiger partial charge < -0.3 is 18.9 Å². The van der Waals surface area contributed by atoms with Gasteiger partial charge in [-0.2, -0.15) is 4.90 Å². The van der Waals surface area contributed by atoms with Crippen LogP contribution in [0.25, 0.3) is 0 Å². The van der Waals surface area contributed by atoms with Crippen molar-refractivity contribution in [1.82, 2.24) is 4.90 Å². The second-order valence-corrected chi connectivity index (χ2v) is 9.55. The summed E-state index contributed by atoms with van der Waals surface area (Å²) in [5.41, 5.74) is -2.85. The minimum Gasteiger partial charge on any atom is -0.469 e. The second-order valence-electron chi connectivity index (χ2n) is 9.55. The van der Waals surface area contributed by atoms with Crippen molar-refractivity contribution in [3.8, 4) is 0 Å². The minimum absolute atomic E-state index is 0.134. The summed E-state index contributed by atoms with van der Waals surface area (Å²) in [6.07, 6.45) is 0.248. The molecule has 2 amide bonds. The molecule has 0 aromatic carbocycles. The maximum atomic E-state index is 12.9. The molecule has 1 atom stereocenters. The number of esters is 2. The molecule has 0 aliphatic heterocycles. The highest BCUT2D eigenvalue weighted by Crippen LogP contribution is 2.44. The first-order valence-corrected chi connectivity index (χ1v) is 10.1. The minimum atomic E-state index is -1.41. The van der Waals surface area contributed by atoms with Crippen LogP contribution in [0.4, 0.5) is 9.59 Å². The third-order valence-electron chi connectivity index (χ3n) is 4.73. The summed E-state index contributed by atoms with van der Waals surface area (Å²) >= 11 is 0. The number of methoxy groups -OCH3 is 2. The Bertz CT molecular complexity index is 625. The van der Waals surface area contributed by atoms with Gasteiger partial charge in [0.05, 0.1) is 19.6 Å². The van der Waals surface area contributed by atoms with Crippen LogP contribution in [0.1, 0.15) is 73.6 Å². The average molecular weight is 430 g/mol. The molecule has 1 aliphatic rings. The number of hydrogen-bond donors (Lipinski definition) is 0. The van der Waals surface area contributed by atoms with Gasteiger partial charge >= 0.3 is 24.1 Å². The number of amides is 2. The smallest absolute Gasteiger partial charge is 0.420 e. The number of imide groups is 1. The third kappa shape index (κ3) is 6.88. The van der Waals surface area contributed by atoms with Crippen LogP contribution in [0, 0.1) is 5.41 Å². The average Bonchev–Trinajstić information content (AvgIpc) is 3.06. The molecule has 1 fully saturated rings. The van der Waals surface area contributed by atoms with Crippen LogP contribution in [0.3, 0.4) is 0 Å². The van der Waals surface area contributed by atoms with Gasteiger partial charge in [0.15, 0.2) is 0 Å². The molecule has 0 spiro atoms. The highest BCUT2D eigenvalue weighted by Gasteiger charge is 2.50. The Morgan fingerprint density at radius 1 is 0.833 bits per heavy atom. The number of carbonyl (C=O) groups is 4. The topological polar surface area (TPSA) is 108 Å². The first kappa shape index (κ1) is 25.7. The summed E-state index contributed by atoms with van der Waals surface area (Å²) in [5, 5.41) is 0. The Kier molecular flexibility index (Phi) is 8.28. The maximum absolute atomic E-state index is 12.9. The summed E-state index contributed by atoms with van der Waals surface area (Å²) in [6, 6.07) is -1.41. The predicted molar refractivity (Wildman–Crippen MR) is 108 cm³/mol. The standard InChI is InChI=1S/C21H35NO8/c1-19(2,3)29-17(25)22(18(26)30-20(4,5)6)14(15(23)27-7)13-21(16(24)28-8)11-9-10-12-21/h14H,9-13H2,1-8H3. The molecule has 0 bridgehead atoms. The van der Waals surface area contributed by atoms with Crippen molar-refractivity contribution in [2.24, 2.45) is 5.41 Å². The largest absolute Gasteiger partial charge is 0.469 e.